The molecule has 5 nitrogen and oxygen atoms in total. The van der Waals surface area contributed by atoms with Gasteiger partial charge in [0, 0.05) is 5.56 Å². The molecule has 0 fully saturated rings. The van der Waals surface area contributed by atoms with Gasteiger partial charge >= 0.3 is 0 Å². The molecule has 2 rings (SSSR count). The molecule has 1 aromatic heterocycles. The molecule has 0 saturated heterocycles. The lowest BCUT2D eigenvalue weighted by Crippen LogP contribution is -1.98. The molecule has 0 atom stereocenters. The summed E-state index contributed by atoms with van der Waals surface area (Å²) in [5.41, 5.74) is 6.88. The van der Waals surface area contributed by atoms with Gasteiger partial charge in [0.25, 0.3) is 0 Å². The zero-order chi connectivity index (χ0) is 11.5. The summed E-state index contributed by atoms with van der Waals surface area (Å²) in [6.07, 6.45) is 1.52. The van der Waals surface area contributed by atoms with E-state index in [1.807, 2.05) is 6.07 Å². The topological polar surface area (TPSA) is 73.9 Å². The Morgan fingerprint density at radius 1 is 1.38 bits per heavy atom. The average molecular weight is 237 g/mol. The van der Waals surface area contributed by atoms with Gasteiger partial charge < -0.3 is 10.5 Å². The molecule has 0 bridgehead atoms. The molecule has 0 spiro atoms. The number of anilines is 1. The predicted octanol–water partition coefficient (Wildman–Crippen LogP) is 1.78. The van der Waals surface area contributed by atoms with Crippen molar-refractivity contribution in [1.29, 1.82) is 0 Å². The number of hydrogen-bond acceptors (Lipinski definition) is 5. The van der Waals surface area contributed by atoms with E-state index in [4.69, 9.17) is 22.1 Å². The maximum atomic E-state index is 6.00. The van der Waals surface area contributed by atoms with Crippen molar-refractivity contribution in [3.63, 3.8) is 0 Å². The molecule has 0 radical (unpaired) electrons. The van der Waals surface area contributed by atoms with Gasteiger partial charge in [-0.05, 0) is 18.2 Å². The molecule has 0 aliphatic carbocycles. The third kappa shape index (κ3) is 2.04. The summed E-state index contributed by atoms with van der Waals surface area (Å²) in [6.45, 7) is 0. The van der Waals surface area contributed by atoms with Crippen LogP contribution in [0, 0.1) is 0 Å². The average Bonchev–Trinajstić information content (AvgIpc) is 2.29. The molecule has 0 aliphatic heterocycles. The summed E-state index contributed by atoms with van der Waals surface area (Å²) in [5, 5.41) is 7.81. The molecule has 16 heavy (non-hydrogen) atoms. The van der Waals surface area contributed by atoms with Gasteiger partial charge in [0.05, 0.1) is 24.0 Å². The number of benzene rings is 1. The van der Waals surface area contributed by atoms with Crippen LogP contribution < -0.4 is 10.5 Å². The first kappa shape index (κ1) is 10.6. The van der Waals surface area contributed by atoms with Crippen LogP contribution in [0.2, 0.25) is 5.02 Å². The van der Waals surface area contributed by atoms with Gasteiger partial charge in [0.1, 0.15) is 5.75 Å². The maximum absolute atomic E-state index is 6.00. The van der Waals surface area contributed by atoms with Crippen molar-refractivity contribution in [2.75, 3.05) is 12.8 Å². The van der Waals surface area contributed by atoms with Crippen molar-refractivity contribution in [2.45, 2.75) is 0 Å². The van der Waals surface area contributed by atoms with Crippen LogP contribution in [0.1, 0.15) is 0 Å². The maximum Gasteiger partial charge on any atom is 0.240 e. The number of methoxy groups -OCH3 is 1. The fourth-order valence-corrected chi connectivity index (χ4v) is 1.54. The summed E-state index contributed by atoms with van der Waals surface area (Å²) in [6, 6.07) is 5.33. The van der Waals surface area contributed by atoms with E-state index in [1.165, 1.54) is 6.20 Å². The van der Waals surface area contributed by atoms with Crippen LogP contribution in [0.25, 0.3) is 11.3 Å². The Kier molecular flexibility index (Phi) is 2.87. The van der Waals surface area contributed by atoms with Crippen molar-refractivity contribution in [1.82, 2.24) is 15.2 Å². The number of ether oxygens (including phenoxy) is 1. The monoisotopic (exact) mass is 236 g/mol. The SMILES string of the molecule is COc1ccc(-c2cnnc(N)n2)cc1Cl. The van der Waals surface area contributed by atoms with Gasteiger partial charge in [-0.25, -0.2) is 4.98 Å². The first-order valence-electron chi connectivity index (χ1n) is 4.50. The van der Waals surface area contributed by atoms with E-state index in [1.54, 1.807) is 19.2 Å². The lowest BCUT2D eigenvalue weighted by atomic mass is 10.1. The molecule has 2 aromatic rings. The lowest BCUT2D eigenvalue weighted by Gasteiger charge is -2.05. The van der Waals surface area contributed by atoms with Gasteiger partial charge in [-0.2, -0.15) is 5.10 Å². The van der Waals surface area contributed by atoms with Crippen LogP contribution in [0.4, 0.5) is 5.95 Å². The highest BCUT2D eigenvalue weighted by molar-refractivity contribution is 6.32. The van der Waals surface area contributed by atoms with E-state index in [0.29, 0.717) is 16.5 Å². The van der Waals surface area contributed by atoms with Gasteiger partial charge in [-0.1, -0.05) is 11.6 Å². The second-order valence-corrected chi connectivity index (χ2v) is 3.46. The summed E-state index contributed by atoms with van der Waals surface area (Å²) < 4.78 is 5.05. The Bertz CT molecular complexity index is 518. The number of nitrogens with zero attached hydrogens (tertiary/aromatic N) is 3. The highest BCUT2D eigenvalue weighted by atomic mass is 35.5. The van der Waals surface area contributed by atoms with Gasteiger partial charge in [-0.3, -0.25) is 0 Å². The second-order valence-electron chi connectivity index (χ2n) is 3.05. The lowest BCUT2D eigenvalue weighted by molar-refractivity contribution is 0.415. The molecule has 0 unspecified atom stereocenters. The minimum atomic E-state index is 0.129. The number of nitrogens with two attached hydrogens (primary N) is 1. The van der Waals surface area contributed by atoms with E-state index in [9.17, 15) is 0 Å². The minimum absolute atomic E-state index is 0.129. The fraction of sp³-hybridized carbons (Fsp3) is 0.100. The number of rotatable bonds is 2. The molecule has 1 aromatic carbocycles. The molecule has 6 heteroatoms. The predicted molar refractivity (Wildman–Crippen MR) is 61.2 cm³/mol. The molecular formula is C10H9ClN4O. The van der Waals surface area contributed by atoms with Gasteiger partial charge in [0.2, 0.25) is 5.95 Å². The highest BCUT2D eigenvalue weighted by Crippen LogP contribution is 2.28. The molecule has 82 valence electrons. The Labute approximate surface area is 97.2 Å². The largest absolute Gasteiger partial charge is 0.495 e. The Balaban J connectivity index is 2.45. The Hall–Kier alpha value is -1.88. The summed E-state index contributed by atoms with van der Waals surface area (Å²) in [5.74, 6) is 0.741. The number of aromatic nitrogens is 3. The third-order valence-electron chi connectivity index (χ3n) is 2.02. The third-order valence-corrected chi connectivity index (χ3v) is 2.32. The van der Waals surface area contributed by atoms with E-state index in [2.05, 4.69) is 15.2 Å². The molecule has 0 amide bonds. The zero-order valence-corrected chi connectivity index (χ0v) is 9.27. The molecule has 0 aliphatic rings. The molecule has 0 saturated carbocycles. The van der Waals surface area contributed by atoms with E-state index < -0.39 is 0 Å². The van der Waals surface area contributed by atoms with E-state index >= 15 is 0 Å². The molecule has 2 N–H and O–H groups in total. The minimum Gasteiger partial charge on any atom is -0.495 e. The van der Waals surface area contributed by atoms with Crippen LogP contribution in [0.3, 0.4) is 0 Å². The van der Waals surface area contributed by atoms with Crippen molar-refractivity contribution < 1.29 is 4.74 Å². The van der Waals surface area contributed by atoms with Crippen LogP contribution >= 0.6 is 11.6 Å². The Morgan fingerprint density at radius 2 is 2.19 bits per heavy atom. The standard InChI is InChI=1S/C10H9ClN4O/c1-16-9-3-2-6(4-7(9)11)8-5-13-15-10(12)14-8/h2-5H,1H3,(H2,12,14,15). The molecular weight excluding hydrogens is 228 g/mol. The van der Waals surface area contributed by atoms with Crippen molar-refractivity contribution in [3.05, 3.63) is 29.4 Å². The van der Waals surface area contributed by atoms with Crippen LogP contribution in [-0.4, -0.2) is 22.3 Å². The highest BCUT2D eigenvalue weighted by Gasteiger charge is 2.05. The first-order valence-corrected chi connectivity index (χ1v) is 4.87. The smallest absolute Gasteiger partial charge is 0.240 e. The quantitative estimate of drug-likeness (QED) is 0.860. The van der Waals surface area contributed by atoms with E-state index in [-0.39, 0.29) is 5.95 Å². The fourth-order valence-electron chi connectivity index (χ4n) is 1.28. The van der Waals surface area contributed by atoms with Gasteiger partial charge in [0.15, 0.2) is 0 Å². The number of hydrogen-bond donors (Lipinski definition) is 1. The normalized spacial score (nSPS) is 10.1. The van der Waals surface area contributed by atoms with Crippen LogP contribution in [0.5, 0.6) is 5.75 Å². The zero-order valence-electron chi connectivity index (χ0n) is 8.51. The van der Waals surface area contributed by atoms with E-state index in [0.717, 1.165) is 5.56 Å². The number of halogens is 1. The summed E-state index contributed by atoms with van der Waals surface area (Å²) in [7, 11) is 1.56. The second kappa shape index (κ2) is 4.32. The van der Waals surface area contributed by atoms with Crippen molar-refractivity contribution in [3.8, 4) is 17.0 Å². The first-order chi connectivity index (χ1) is 7.70. The summed E-state index contributed by atoms with van der Waals surface area (Å²) >= 11 is 6.00. The van der Waals surface area contributed by atoms with Crippen molar-refractivity contribution in [2.24, 2.45) is 0 Å². The van der Waals surface area contributed by atoms with Crippen LogP contribution in [-0.2, 0) is 0 Å². The Morgan fingerprint density at radius 3 is 2.81 bits per heavy atom. The molecule has 1 heterocycles. The van der Waals surface area contributed by atoms with Gasteiger partial charge in [-0.15, -0.1) is 5.10 Å². The van der Waals surface area contributed by atoms with Crippen molar-refractivity contribution >= 4 is 17.5 Å². The van der Waals surface area contributed by atoms with Crippen LogP contribution in [0.15, 0.2) is 24.4 Å². The summed E-state index contributed by atoms with van der Waals surface area (Å²) in [4.78, 5) is 4.04. The number of nitrogen functional groups attached to an aromatic ring is 1.